The highest BCUT2D eigenvalue weighted by Gasteiger charge is 2.15. The summed E-state index contributed by atoms with van der Waals surface area (Å²) in [5.41, 5.74) is 3.59. The van der Waals surface area contributed by atoms with Gasteiger partial charge in [-0.2, -0.15) is 0 Å². The highest BCUT2D eigenvalue weighted by Crippen LogP contribution is 2.26. The van der Waals surface area contributed by atoms with Crippen LogP contribution in [0.1, 0.15) is 10.4 Å². The maximum atomic E-state index is 12.7. The molecule has 33 heavy (non-hydrogen) atoms. The molecule has 5 aromatic rings. The summed E-state index contributed by atoms with van der Waals surface area (Å²) in [6.45, 7) is 0. The fourth-order valence-electron chi connectivity index (χ4n) is 3.33. The van der Waals surface area contributed by atoms with Crippen molar-refractivity contribution in [3.05, 3.63) is 90.8 Å². The van der Waals surface area contributed by atoms with Gasteiger partial charge in [-0.15, -0.1) is 0 Å². The Morgan fingerprint density at radius 1 is 0.818 bits per heavy atom. The third-order valence-corrected chi connectivity index (χ3v) is 4.88. The molecule has 9 heteroatoms. The molecule has 0 saturated carbocycles. The number of imidazole rings is 2. The summed E-state index contributed by atoms with van der Waals surface area (Å²) in [5.74, 6) is 0.428. The predicted octanol–water partition coefficient (Wildman–Crippen LogP) is 4.82. The van der Waals surface area contributed by atoms with E-state index in [1.807, 2.05) is 42.5 Å². The molecule has 9 nitrogen and oxygen atoms in total. The maximum absolute atomic E-state index is 12.7. The number of anilines is 2. The zero-order valence-electron chi connectivity index (χ0n) is 17.2. The standard InChI is InChI=1S/C24H18N6O3/c31-21(17-11-9-16(10-12-17)15-5-2-1-3-6-15)29-23-27-18-7-4-8-19(20(18)28-23)33-24(32)30-22-25-13-14-26-22/h1-14H,(H2,25,26,30,32)(H2,27,28,29,31). The van der Waals surface area contributed by atoms with Crippen molar-refractivity contribution in [1.82, 2.24) is 19.9 Å². The minimum absolute atomic E-state index is 0.237. The molecule has 2 aromatic heterocycles. The number of rotatable bonds is 5. The zero-order chi connectivity index (χ0) is 22.6. The van der Waals surface area contributed by atoms with Gasteiger partial charge in [0.2, 0.25) is 11.9 Å². The van der Waals surface area contributed by atoms with E-state index in [4.69, 9.17) is 4.74 Å². The number of aromatic nitrogens is 4. The molecule has 0 saturated heterocycles. The average molecular weight is 438 g/mol. The lowest BCUT2D eigenvalue weighted by molar-refractivity contribution is 0.102. The van der Waals surface area contributed by atoms with Crippen molar-refractivity contribution < 1.29 is 14.3 Å². The number of nitrogens with one attached hydrogen (secondary N) is 4. The first-order valence-electron chi connectivity index (χ1n) is 10.1. The average Bonchev–Trinajstić information content (AvgIpc) is 3.50. The van der Waals surface area contributed by atoms with Crippen LogP contribution in [0.2, 0.25) is 0 Å². The van der Waals surface area contributed by atoms with Crippen molar-refractivity contribution in [3.8, 4) is 16.9 Å². The Morgan fingerprint density at radius 2 is 1.61 bits per heavy atom. The van der Waals surface area contributed by atoms with Crippen LogP contribution >= 0.6 is 0 Å². The van der Waals surface area contributed by atoms with Gasteiger partial charge in [0, 0.05) is 18.0 Å². The molecule has 0 aliphatic carbocycles. The van der Waals surface area contributed by atoms with Gasteiger partial charge >= 0.3 is 6.09 Å². The van der Waals surface area contributed by atoms with Gasteiger partial charge < -0.3 is 14.7 Å². The Hall–Kier alpha value is -4.92. The Morgan fingerprint density at radius 3 is 2.36 bits per heavy atom. The summed E-state index contributed by atoms with van der Waals surface area (Å²) in [7, 11) is 0. The summed E-state index contributed by atoms with van der Waals surface area (Å²) in [5, 5.41) is 5.22. The summed E-state index contributed by atoms with van der Waals surface area (Å²) < 4.78 is 5.35. The third-order valence-electron chi connectivity index (χ3n) is 4.88. The molecule has 162 valence electrons. The normalized spacial score (nSPS) is 10.7. The highest BCUT2D eigenvalue weighted by atomic mass is 16.6. The number of H-pyrrole nitrogens is 2. The number of benzene rings is 3. The van der Waals surface area contributed by atoms with Crippen LogP contribution in [-0.2, 0) is 0 Å². The Labute approximate surface area is 187 Å². The number of carbonyl (C=O) groups is 2. The van der Waals surface area contributed by atoms with Crippen LogP contribution < -0.4 is 15.4 Å². The summed E-state index contributed by atoms with van der Waals surface area (Å²) in [6, 6.07) is 22.3. The van der Waals surface area contributed by atoms with E-state index in [9.17, 15) is 9.59 Å². The van der Waals surface area contributed by atoms with Gasteiger partial charge in [-0.05, 0) is 35.4 Å². The summed E-state index contributed by atoms with van der Waals surface area (Å²) >= 11 is 0. The lowest BCUT2D eigenvalue weighted by atomic mass is 10.0. The number of ether oxygens (including phenoxy) is 1. The van der Waals surface area contributed by atoms with Crippen molar-refractivity contribution in [3.63, 3.8) is 0 Å². The molecule has 4 N–H and O–H groups in total. The van der Waals surface area contributed by atoms with Crippen molar-refractivity contribution >= 4 is 34.9 Å². The lowest BCUT2D eigenvalue weighted by Crippen LogP contribution is -2.17. The fourth-order valence-corrected chi connectivity index (χ4v) is 3.33. The monoisotopic (exact) mass is 438 g/mol. The minimum atomic E-state index is -0.718. The molecule has 0 radical (unpaired) electrons. The quantitative estimate of drug-likeness (QED) is 0.313. The second-order valence-corrected chi connectivity index (χ2v) is 7.09. The number of hydrogen-bond donors (Lipinski definition) is 4. The molecule has 0 fully saturated rings. The molecule has 0 spiro atoms. The summed E-state index contributed by atoms with van der Waals surface area (Å²) in [4.78, 5) is 38.9. The number of amides is 2. The van der Waals surface area contributed by atoms with E-state index in [0.717, 1.165) is 11.1 Å². The molecular formula is C24H18N6O3. The number of carbonyl (C=O) groups excluding carboxylic acids is 2. The van der Waals surface area contributed by atoms with E-state index >= 15 is 0 Å². The van der Waals surface area contributed by atoms with Crippen LogP contribution in [0.3, 0.4) is 0 Å². The molecule has 0 unspecified atom stereocenters. The van der Waals surface area contributed by atoms with Gasteiger partial charge in [-0.25, -0.2) is 14.8 Å². The molecule has 0 bridgehead atoms. The van der Waals surface area contributed by atoms with Gasteiger partial charge in [-0.1, -0.05) is 48.5 Å². The first-order valence-corrected chi connectivity index (χ1v) is 10.1. The first-order chi connectivity index (χ1) is 16.2. The number of nitrogens with zero attached hydrogens (tertiary/aromatic N) is 2. The maximum Gasteiger partial charge on any atom is 0.419 e. The van der Waals surface area contributed by atoms with Crippen LogP contribution in [0, 0.1) is 0 Å². The second kappa shape index (κ2) is 8.67. The lowest BCUT2D eigenvalue weighted by Gasteiger charge is -2.05. The van der Waals surface area contributed by atoms with Crippen molar-refractivity contribution in [2.45, 2.75) is 0 Å². The molecular weight excluding hydrogens is 420 g/mol. The Balaban J connectivity index is 1.30. The van der Waals surface area contributed by atoms with Gasteiger partial charge in [0.05, 0.1) is 5.52 Å². The number of hydrogen-bond acceptors (Lipinski definition) is 5. The van der Waals surface area contributed by atoms with Crippen LogP contribution in [0.4, 0.5) is 16.7 Å². The van der Waals surface area contributed by atoms with Gasteiger partial charge in [0.15, 0.2) is 5.75 Å². The zero-order valence-corrected chi connectivity index (χ0v) is 17.2. The van der Waals surface area contributed by atoms with E-state index in [1.54, 1.807) is 36.5 Å². The highest BCUT2D eigenvalue weighted by molar-refractivity contribution is 6.04. The van der Waals surface area contributed by atoms with Gasteiger partial charge in [-0.3, -0.25) is 15.4 Å². The van der Waals surface area contributed by atoms with Crippen LogP contribution in [-0.4, -0.2) is 31.9 Å². The minimum Gasteiger partial charge on any atom is -0.408 e. The van der Waals surface area contributed by atoms with Crippen molar-refractivity contribution in [1.29, 1.82) is 0 Å². The van der Waals surface area contributed by atoms with E-state index in [0.29, 0.717) is 16.6 Å². The third kappa shape index (κ3) is 4.42. The molecule has 2 amide bonds. The smallest absolute Gasteiger partial charge is 0.408 e. The van der Waals surface area contributed by atoms with Crippen molar-refractivity contribution in [2.24, 2.45) is 0 Å². The second-order valence-electron chi connectivity index (χ2n) is 7.09. The molecule has 3 aromatic carbocycles. The van der Waals surface area contributed by atoms with E-state index in [-0.39, 0.29) is 23.6 Å². The van der Waals surface area contributed by atoms with Gasteiger partial charge in [0.25, 0.3) is 5.91 Å². The number of aromatic amines is 2. The predicted molar refractivity (Wildman–Crippen MR) is 124 cm³/mol. The van der Waals surface area contributed by atoms with Crippen LogP contribution in [0.5, 0.6) is 5.75 Å². The van der Waals surface area contributed by atoms with E-state index in [2.05, 4.69) is 30.6 Å². The number of fused-ring (bicyclic) bond motifs is 1. The summed E-state index contributed by atoms with van der Waals surface area (Å²) in [6.07, 6.45) is 2.37. The SMILES string of the molecule is O=C(Nc1ncc[nH]1)Oc1cccc2[nH]c(NC(=O)c3ccc(-c4ccccc4)cc3)nc12. The van der Waals surface area contributed by atoms with Crippen LogP contribution in [0.25, 0.3) is 22.2 Å². The van der Waals surface area contributed by atoms with Gasteiger partial charge in [0.1, 0.15) is 5.52 Å². The van der Waals surface area contributed by atoms with Crippen molar-refractivity contribution in [2.75, 3.05) is 10.6 Å². The first kappa shape index (κ1) is 20.0. The fraction of sp³-hybridized carbons (Fsp3) is 0. The topological polar surface area (TPSA) is 125 Å². The molecule has 0 atom stereocenters. The molecule has 5 rings (SSSR count). The number of para-hydroxylation sites is 1. The Kier molecular flexibility index (Phi) is 5.26. The molecule has 0 aliphatic heterocycles. The van der Waals surface area contributed by atoms with Crippen LogP contribution in [0.15, 0.2) is 85.2 Å². The Bertz CT molecular complexity index is 1410. The molecule has 0 aliphatic rings. The molecule has 2 heterocycles. The van der Waals surface area contributed by atoms with E-state index in [1.165, 1.54) is 6.20 Å². The largest absolute Gasteiger partial charge is 0.419 e. The van der Waals surface area contributed by atoms with E-state index < -0.39 is 6.09 Å².